The van der Waals surface area contributed by atoms with Gasteiger partial charge in [0.25, 0.3) is 5.91 Å². The van der Waals surface area contributed by atoms with Crippen molar-refractivity contribution < 1.29 is 9.18 Å². The summed E-state index contributed by atoms with van der Waals surface area (Å²) >= 11 is 2.20. The van der Waals surface area contributed by atoms with E-state index in [1.807, 2.05) is 18.2 Å². The van der Waals surface area contributed by atoms with Crippen molar-refractivity contribution in [2.45, 2.75) is 18.6 Å². The number of amides is 1. The van der Waals surface area contributed by atoms with E-state index in [0.29, 0.717) is 12.0 Å². The first-order chi connectivity index (χ1) is 10.6. The minimum Gasteiger partial charge on any atom is -0.335 e. The highest BCUT2D eigenvalue weighted by Crippen LogP contribution is 2.22. The van der Waals surface area contributed by atoms with Crippen LogP contribution in [-0.2, 0) is 0 Å². The van der Waals surface area contributed by atoms with E-state index in [2.05, 4.69) is 38.8 Å². The molecule has 1 heterocycles. The molecule has 114 valence electrons. The molecular weight excluding hydrogens is 396 g/mol. The van der Waals surface area contributed by atoms with Crippen LogP contribution in [0.2, 0.25) is 0 Å². The molecular formula is C16H15FIN3O. The first-order valence-corrected chi connectivity index (χ1v) is 8.02. The number of hydrogen-bond acceptors (Lipinski definition) is 3. The summed E-state index contributed by atoms with van der Waals surface area (Å²) in [5, 5.41) is 2.92. The monoisotopic (exact) mass is 411 g/mol. The van der Waals surface area contributed by atoms with Crippen LogP contribution in [0.15, 0.2) is 48.5 Å². The van der Waals surface area contributed by atoms with E-state index in [4.69, 9.17) is 0 Å². The lowest BCUT2D eigenvalue weighted by Gasteiger charge is -2.12. The van der Waals surface area contributed by atoms with Crippen molar-refractivity contribution in [3.63, 3.8) is 0 Å². The van der Waals surface area contributed by atoms with Gasteiger partial charge in [0.15, 0.2) is 0 Å². The number of carbonyl (C=O) groups excluding carboxylic acids is 1. The van der Waals surface area contributed by atoms with Gasteiger partial charge in [0, 0.05) is 21.6 Å². The van der Waals surface area contributed by atoms with Crippen LogP contribution < -0.4 is 16.2 Å². The Labute approximate surface area is 141 Å². The highest BCUT2D eigenvalue weighted by atomic mass is 127. The minimum atomic E-state index is -0.259. The maximum absolute atomic E-state index is 13.3. The molecule has 1 aliphatic heterocycles. The fraction of sp³-hybridized carbons (Fsp3) is 0.188. The van der Waals surface area contributed by atoms with Gasteiger partial charge in [-0.15, -0.1) is 0 Å². The number of rotatable bonds is 3. The third kappa shape index (κ3) is 3.63. The highest BCUT2D eigenvalue weighted by molar-refractivity contribution is 14.1. The largest absolute Gasteiger partial charge is 0.335 e. The second kappa shape index (κ2) is 6.72. The van der Waals surface area contributed by atoms with Crippen LogP contribution in [0.1, 0.15) is 28.4 Å². The Morgan fingerprint density at radius 3 is 2.68 bits per heavy atom. The first-order valence-electron chi connectivity index (χ1n) is 6.95. The molecule has 22 heavy (non-hydrogen) atoms. The zero-order valence-corrected chi connectivity index (χ0v) is 13.8. The maximum Gasteiger partial charge on any atom is 0.252 e. The smallest absolute Gasteiger partial charge is 0.252 e. The Morgan fingerprint density at radius 1 is 1.18 bits per heavy atom. The lowest BCUT2D eigenvalue weighted by Crippen LogP contribution is -2.44. The van der Waals surface area contributed by atoms with Crippen molar-refractivity contribution in [1.82, 2.24) is 16.2 Å². The third-order valence-electron chi connectivity index (χ3n) is 3.57. The molecule has 0 saturated carbocycles. The van der Waals surface area contributed by atoms with Gasteiger partial charge in [0.2, 0.25) is 0 Å². The summed E-state index contributed by atoms with van der Waals surface area (Å²) in [6.45, 7) is 0. The van der Waals surface area contributed by atoms with E-state index < -0.39 is 0 Å². The first kappa shape index (κ1) is 15.4. The molecule has 0 bridgehead atoms. The van der Waals surface area contributed by atoms with Crippen LogP contribution in [-0.4, -0.2) is 12.1 Å². The second-order valence-electron chi connectivity index (χ2n) is 5.16. The van der Waals surface area contributed by atoms with Gasteiger partial charge in [0.1, 0.15) is 5.82 Å². The normalized spacial score (nSPS) is 20.8. The molecule has 3 rings (SSSR count). The van der Waals surface area contributed by atoms with Crippen LogP contribution in [0.5, 0.6) is 0 Å². The lowest BCUT2D eigenvalue weighted by atomic mass is 10.0. The molecule has 6 heteroatoms. The van der Waals surface area contributed by atoms with Crippen molar-refractivity contribution in [1.29, 1.82) is 0 Å². The van der Waals surface area contributed by atoms with Crippen LogP contribution >= 0.6 is 22.6 Å². The molecule has 0 aromatic heterocycles. The van der Waals surface area contributed by atoms with Crippen molar-refractivity contribution in [3.05, 3.63) is 69.0 Å². The Morgan fingerprint density at radius 2 is 1.95 bits per heavy atom. The number of hydrazine groups is 1. The van der Waals surface area contributed by atoms with Gasteiger partial charge in [0.05, 0.1) is 6.17 Å². The van der Waals surface area contributed by atoms with Gasteiger partial charge in [-0.2, -0.15) is 0 Å². The molecule has 2 aromatic carbocycles. The fourth-order valence-corrected chi connectivity index (χ4v) is 2.79. The van der Waals surface area contributed by atoms with E-state index >= 15 is 0 Å². The predicted octanol–water partition coefficient (Wildman–Crippen LogP) is 2.73. The van der Waals surface area contributed by atoms with Gasteiger partial charge in [-0.3, -0.25) is 4.79 Å². The third-order valence-corrected chi connectivity index (χ3v) is 4.29. The molecule has 2 atom stereocenters. The van der Waals surface area contributed by atoms with E-state index in [-0.39, 0.29) is 23.9 Å². The number of benzene rings is 2. The van der Waals surface area contributed by atoms with E-state index in [0.717, 1.165) is 9.13 Å². The van der Waals surface area contributed by atoms with Gasteiger partial charge < -0.3 is 5.32 Å². The van der Waals surface area contributed by atoms with E-state index in [1.54, 1.807) is 18.2 Å². The van der Waals surface area contributed by atoms with Crippen molar-refractivity contribution in [2.75, 3.05) is 0 Å². The van der Waals surface area contributed by atoms with Crippen LogP contribution in [0, 0.1) is 9.39 Å². The summed E-state index contributed by atoms with van der Waals surface area (Å²) in [4.78, 5) is 12.2. The summed E-state index contributed by atoms with van der Waals surface area (Å²) in [6.07, 6.45) is 0.458. The van der Waals surface area contributed by atoms with Crippen LogP contribution in [0.25, 0.3) is 0 Å². The maximum atomic E-state index is 13.3. The fourth-order valence-electron chi connectivity index (χ4n) is 2.44. The highest BCUT2D eigenvalue weighted by Gasteiger charge is 2.26. The number of halogens is 2. The quantitative estimate of drug-likeness (QED) is 0.681. The molecule has 2 aromatic rings. The Balaban J connectivity index is 1.61. The van der Waals surface area contributed by atoms with Crippen molar-refractivity contribution >= 4 is 28.5 Å². The van der Waals surface area contributed by atoms with Crippen LogP contribution in [0.4, 0.5) is 4.39 Å². The molecule has 3 N–H and O–H groups in total. The van der Waals surface area contributed by atoms with E-state index in [1.165, 1.54) is 12.1 Å². The summed E-state index contributed by atoms with van der Waals surface area (Å²) in [7, 11) is 0. The number of carbonyl (C=O) groups is 1. The predicted molar refractivity (Wildman–Crippen MR) is 90.4 cm³/mol. The Kier molecular flexibility index (Phi) is 4.70. The molecule has 4 nitrogen and oxygen atoms in total. The molecule has 2 unspecified atom stereocenters. The Bertz CT molecular complexity index is 677. The molecule has 0 aliphatic carbocycles. The average Bonchev–Trinajstić information content (AvgIpc) is 2.96. The lowest BCUT2D eigenvalue weighted by molar-refractivity contribution is 0.0932. The van der Waals surface area contributed by atoms with Gasteiger partial charge >= 0.3 is 0 Å². The molecule has 1 aliphatic rings. The van der Waals surface area contributed by atoms with E-state index in [9.17, 15) is 9.18 Å². The second-order valence-corrected chi connectivity index (χ2v) is 6.41. The van der Waals surface area contributed by atoms with Crippen LogP contribution in [0.3, 0.4) is 0 Å². The molecule has 0 spiro atoms. The molecule has 1 fully saturated rings. The molecule has 1 saturated heterocycles. The Hall–Kier alpha value is -1.51. The van der Waals surface area contributed by atoms with Crippen molar-refractivity contribution in [3.8, 4) is 0 Å². The van der Waals surface area contributed by atoms with Crippen molar-refractivity contribution in [2.24, 2.45) is 0 Å². The van der Waals surface area contributed by atoms with Gasteiger partial charge in [-0.05, 0) is 64.6 Å². The summed E-state index contributed by atoms with van der Waals surface area (Å²) in [6, 6.07) is 13.8. The topological polar surface area (TPSA) is 53.2 Å². The van der Waals surface area contributed by atoms with Gasteiger partial charge in [-0.1, -0.05) is 12.1 Å². The zero-order chi connectivity index (χ0) is 15.5. The SMILES string of the molecule is O=C(NC1CC(c2cccc(F)c2)NN1)c1ccc(I)cc1. The minimum absolute atomic E-state index is 0.0299. The standard InChI is InChI=1S/C16H15FIN3O/c17-12-3-1-2-11(8-12)14-9-15(21-20-14)19-16(22)10-4-6-13(18)7-5-10/h1-8,14-15,20-21H,9H2,(H,19,22). The number of nitrogens with one attached hydrogen (secondary N) is 3. The summed E-state index contributed by atoms with van der Waals surface area (Å²) < 4.78 is 14.3. The molecule has 0 radical (unpaired) electrons. The summed E-state index contributed by atoms with van der Waals surface area (Å²) in [5.41, 5.74) is 7.60. The van der Waals surface area contributed by atoms with Gasteiger partial charge in [-0.25, -0.2) is 15.2 Å². The number of hydrogen-bond donors (Lipinski definition) is 3. The molecule has 1 amide bonds. The zero-order valence-electron chi connectivity index (χ0n) is 11.6. The summed E-state index contributed by atoms with van der Waals surface area (Å²) in [5.74, 6) is -0.388. The average molecular weight is 411 g/mol.